The maximum atomic E-state index is 12.7. The molecule has 7 nitrogen and oxygen atoms in total. The largest absolute Gasteiger partial charge is 0.523 e. The van der Waals surface area contributed by atoms with Gasteiger partial charge < -0.3 is 14.2 Å². The lowest BCUT2D eigenvalue weighted by molar-refractivity contribution is -0.161. The van der Waals surface area contributed by atoms with Crippen molar-refractivity contribution in [2.75, 3.05) is 7.11 Å². The van der Waals surface area contributed by atoms with Crippen molar-refractivity contribution in [2.24, 2.45) is 5.92 Å². The van der Waals surface area contributed by atoms with E-state index in [0.717, 1.165) is 6.42 Å². The first kappa shape index (κ1) is 25.4. The van der Waals surface area contributed by atoms with Crippen molar-refractivity contribution in [1.82, 2.24) is 0 Å². The van der Waals surface area contributed by atoms with Gasteiger partial charge in [-0.3, -0.25) is 8.98 Å². The maximum absolute atomic E-state index is 12.7. The molecule has 2 heterocycles. The molecule has 0 aromatic rings. The first-order valence-electron chi connectivity index (χ1n) is 10.3. The summed E-state index contributed by atoms with van der Waals surface area (Å²) in [4.78, 5) is 12.4. The molecule has 2 fully saturated rings. The van der Waals surface area contributed by atoms with Gasteiger partial charge in [-0.05, 0) is 25.2 Å². The second-order valence-electron chi connectivity index (χ2n) is 8.24. The lowest BCUT2D eigenvalue weighted by Crippen LogP contribution is -2.42. The fraction of sp³-hybridized carbons (Fsp3) is 0.947. The third-order valence-corrected chi connectivity index (χ3v) is 6.57. The van der Waals surface area contributed by atoms with Gasteiger partial charge in [0.15, 0.2) is 0 Å². The molecule has 0 aromatic carbocycles. The lowest BCUT2D eigenvalue weighted by atomic mass is 9.89. The van der Waals surface area contributed by atoms with Crippen LogP contribution in [0, 0.1) is 5.92 Å². The standard InChI is InChI=1S/C19H31F3O7S/c1-4-5-13-8-14(26-3)6-12(2)7-15-9-17(29-30(24,25)19(20,21)22)10-16(27-15)11-18(23)28-13/h12-17H,4-11H2,1-3H3/t12-,13-,14-,15+,16+,17-/m0/s1. The second-order valence-corrected chi connectivity index (χ2v) is 9.81. The summed E-state index contributed by atoms with van der Waals surface area (Å²) in [7, 11) is -4.14. The number of hydrogen-bond acceptors (Lipinski definition) is 7. The minimum atomic E-state index is -5.73. The molecule has 0 aliphatic carbocycles. The summed E-state index contributed by atoms with van der Waals surface area (Å²) in [5, 5.41) is 0. The number of carbonyl (C=O) groups is 1. The molecule has 11 heteroatoms. The molecule has 0 amide bonds. The molecule has 2 bridgehead atoms. The monoisotopic (exact) mass is 460 g/mol. The molecule has 0 spiro atoms. The second kappa shape index (κ2) is 10.6. The van der Waals surface area contributed by atoms with E-state index in [9.17, 15) is 26.4 Å². The Kier molecular flexibility index (Phi) is 8.96. The van der Waals surface area contributed by atoms with Gasteiger partial charge in [0.2, 0.25) is 0 Å². The van der Waals surface area contributed by atoms with Crippen molar-refractivity contribution in [1.29, 1.82) is 0 Å². The van der Waals surface area contributed by atoms with E-state index in [2.05, 4.69) is 4.18 Å². The summed E-state index contributed by atoms with van der Waals surface area (Å²) in [5.41, 5.74) is -5.50. The number of esters is 1. The highest BCUT2D eigenvalue weighted by molar-refractivity contribution is 7.87. The van der Waals surface area contributed by atoms with Crippen molar-refractivity contribution in [2.45, 2.75) is 101 Å². The highest BCUT2D eigenvalue weighted by Crippen LogP contribution is 2.34. The molecule has 2 rings (SSSR count). The van der Waals surface area contributed by atoms with Crippen LogP contribution < -0.4 is 0 Å². The van der Waals surface area contributed by atoms with E-state index in [-0.39, 0.29) is 37.4 Å². The predicted octanol–water partition coefficient (Wildman–Crippen LogP) is 3.71. The van der Waals surface area contributed by atoms with Gasteiger partial charge in [-0.15, -0.1) is 0 Å². The van der Waals surface area contributed by atoms with E-state index in [1.165, 1.54) is 0 Å². The molecule has 6 atom stereocenters. The third-order valence-electron chi connectivity index (χ3n) is 5.48. The van der Waals surface area contributed by atoms with Gasteiger partial charge >= 0.3 is 21.6 Å². The summed E-state index contributed by atoms with van der Waals surface area (Å²) in [6, 6.07) is 0. The fourth-order valence-electron chi connectivity index (χ4n) is 4.20. The number of methoxy groups -OCH3 is 1. The predicted molar refractivity (Wildman–Crippen MR) is 101 cm³/mol. The van der Waals surface area contributed by atoms with Crippen LogP contribution >= 0.6 is 0 Å². The molecule has 2 saturated heterocycles. The number of ether oxygens (including phenoxy) is 3. The number of alkyl halides is 3. The summed E-state index contributed by atoms with van der Waals surface area (Å²) < 4.78 is 82.6. The minimum Gasteiger partial charge on any atom is -0.462 e. The Hall–Kier alpha value is -0.910. The Morgan fingerprint density at radius 3 is 2.33 bits per heavy atom. The van der Waals surface area contributed by atoms with Crippen LogP contribution in [0.1, 0.15) is 65.2 Å². The van der Waals surface area contributed by atoms with Crippen LogP contribution in [0.25, 0.3) is 0 Å². The molecule has 0 radical (unpaired) electrons. The van der Waals surface area contributed by atoms with Crippen molar-refractivity contribution in [3.63, 3.8) is 0 Å². The zero-order valence-electron chi connectivity index (χ0n) is 17.5. The van der Waals surface area contributed by atoms with Gasteiger partial charge in [0.25, 0.3) is 0 Å². The molecule has 0 aromatic heterocycles. The Balaban J connectivity index is 2.18. The van der Waals surface area contributed by atoms with Crippen LogP contribution in [0.2, 0.25) is 0 Å². The summed E-state index contributed by atoms with van der Waals surface area (Å²) >= 11 is 0. The number of cyclic esters (lactones) is 1. The quantitative estimate of drug-likeness (QED) is 0.351. The summed E-state index contributed by atoms with van der Waals surface area (Å²) in [6.45, 7) is 3.96. The van der Waals surface area contributed by atoms with Gasteiger partial charge in [-0.25, -0.2) is 0 Å². The molecule has 2 aliphatic rings. The van der Waals surface area contributed by atoms with Crippen LogP contribution in [-0.2, 0) is 33.3 Å². The smallest absolute Gasteiger partial charge is 0.462 e. The number of halogens is 3. The highest BCUT2D eigenvalue weighted by Gasteiger charge is 2.49. The van der Waals surface area contributed by atoms with Crippen LogP contribution in [0.5, 0.6) is 0 Å². The van der Waals surface area contributed by atoms with E-state index in [1.807, 2.05) is 13.8 Å². The molecule has 176 valence electrons. The van der Waals surface area contributed by atoms with Crippen LogP contribution in [0.15, 0.2) is 0 Å². The SMILES string of the molecule is CCC[C@H]1C[C@@H](OC)C[C@H](C)C[C@@H]2C[C@H](OS(=O)(=O)C(F)(F)F)C[C@H](CC(=O)O1)O2. The molecule has 0 unspecified atom stereocenters. The molecule has 30 heavy (non-hydrogen) atoms. The van der Waals surface area contributed by atoms with Crippen molar-refractivity contribution in [3.8, 4) is 0 Å². The van der Waals surface area contributed by atoms with Gasteiger partial charge in [0.05, 0.1) is 30.8 Å². The van der Waals surface area contributed by atoms with E-state index in [0.29, 0.717) is 25.7 Å². The zero-order valence-corrected chi connectivity index (χ0v) is 18.3. The Bertz CT molecular complexity index is 668. The highest BCUT2D eigenvalue weighted by atomic mass is 32.2. The van der Waals surface area contributed by atoms with Crippen LogP contribution in [0.3, 0.4) is 0 Å². The number of hydrogen-bond donors (Lipinski definition) is 0. The van der Waals surface area contributed by atoms with Gasteiger partial charge in [0.1, 0.15) is 6.10 Å². The first-order valence-corrected chi connectivity index (χ1v) is 11.7. The first-order chi connectivity index (χ1) is 13.9. The number of fused-ring (bicyclic) bond motifs is 2. The van der Waals surface area contributed by atoms with Crippen LogP contribution in [0.4, 0.5) is 13.2 Å². The molecule has 0 N–H and O–H groups in total. The minimum absolute atomic E-state index is 0.00130. The normalized spacial score (nSPS) is 34.5. The fourth-order valence-corrected chi connectivity index (χ4v) is 4.83. The van der Waals surface area contributed by atoms with E-state index in [1.54, 1.807) is 7.11 Å². The molecular weight excluding hydrogens is 429 g/mol. The van der Waals surface area contributed by atoms with E-state index in [4.69, 9.17) is 14.2 Å². The number of rotatable bonds is 5. The van der Waals surface area contributed by atoms with Gasteiger partial charge in [-0.2, -0.15) is 21.6 Å². The van der Waals surface area contributed by atoms with E-state index < -0.39 is 39.9 Å². The summed E-state index contributed by atoms with van der Waals surface area (Å²) in [5.74, 6) is -0.420. The van der Waals surface area contributed by atoms with Gasteiger partial charge in [0, 0.05) is 26.4 Å². The average molecular weight is 461 g/mol. The van der Waals surface area contributed by atoms with Crippen molar-refractivity contribution < 1.29 is 44.8 Å². The zero-order chi connectivity index (χ0) is 22.5. The Morgan fingerprint density at radius 1 is 1.07 bits per heavy atom. The topological polar surface area (TPSA) is 88.1 Å². The van der Waals surface area contributed by atoms with Crippen molar-refractivity contribution >= 4 is 16.1 Å². The Labute approximate surface area is 175 Å². The summed E-state index contributed by atoms with van der Waals surface area (Å²) in [6.07, 6.45) is -0.0525. The number of carbonyl (C=O) groups excluding carboxylic acids is 1. The molecular formula is C19H31F3O7S. The van der Waals surface area contributed by atoms with Crippen molar-refractivity contribution in [3.05, 3.63) is 0 Å². The average Bonchev–Trinajstić information content (AvgIpc) is 2.58. The molecule has 0 saturated carbocycles. The molecule has 2 aliphatic heterocycles. The lowest BCUT2D eigenvalue weighted by Gasteiger charge is -2.37. The maximum Gasteiger partial charge on any atom is 0.523 e. The van der Waals surface area contributed by atoms with Crippen LogP contribution in [-0.4, -0.2) is 57.5 Å². The van der Waals surface area contributed by atoms with Gasteiger partial charge in [-0.1, -0.05) is 20.3 Å². The van der Waals surface area contributed by atoms with E-state index >= 15 is 0 Å². The Morgan fingerprint density at radius 2 is 1.73 bits per heavy atom. The third kappa shape index (κ3) is 7.35.